The largest absolute Gasteiger partial charge is 0.497 e. The molecule has 0 spiro atoms. The van der Waals surface area contributed by atoms with E-state index in [9.17, 15) is 4.79 Å². The van der Waals surface area contributed by atoms with Crippen molar-refractivity contribution in [2.24, 2.45) is 0 Å². The molecule has 2 aromatic carbocycles. The maximum absolute atomic E-state index is 13.5. The molecule has 0 atom stereocenters. The van der Waals surface area contributed by atoms with Crippen LogP contribution in [0.2, 0.25) is 0 Å². The number of hydrogen-bond acceptors (Lipinski definition) is 6. The lowest BCUT2D eigenvalue weighted by Crippen LogP contribution is -2.30. The number of thiazole rings is 1. The van der Waals surface area contributed by atoms with Gasteiger partial charge in [-0.1, -0.05) is 35.6 Å². The number of nitrogens with zero attached hydrogens (tertiary/aromatic N) is 3. The Morgan fingerprint density at radius 2 is 2.03 bits per heavy atom. The van der Waals surface area contributed by atoms with Gasteiger partial charge in [-0.2, -0.15) is 0 Å². The second kappa shape index (κ2) is 7.61. The van der Waals surface area contributed by atoms with E-state index in [1.54, 1.807) is 30.5 Å². The highest BCUT2D eigenvalue weighted by Crippen LogP contribution is 2.33. The van der Waals surface area contributed by atoms with E-state index in [0.29, 0.717) is 17.3 Å². The Labute approximate surface area is 176 Å². The molecule has 7 heteroatoms. The first kappa shape index (κ1) is 18.3. The van der Waals surface area contributed by atoms with Gasteiger partial charge in [-0.05, 0) is 42.0 Å². The number of hydrogen-bond donors (Lipinski definition) is 0. The second-order valence-corrected chi connectivity index (χ2v) is 7.74. The first-order chi connectivity index (χ1) is 14.7. The number of furan rings is 1. The number of amides is 1. The fourth-order valence-corrected chi connectivity index (χ4v) is 4.25. The lowest BCUT2D eigenvalue weighted by atomic mass is 10.2. The molecular weight excluding hydrogens is 398 g/mol. The molecule has 3 aromatic heterocycles. The molecule has 1 amide bonds. The van der Waals surface area contributed by atoms with Crippen molar-refractivity contribution < 1.29 is 13.9 Å². The van der Waals surface area contributed by atoms with Crippen LogP contribution in [0.15, 0.2) is 77.5 Å². The average Bonchev–Trinajstić information content (AvgIpc) is 3.41. The van der Waals surface area contributed by atoms with E-state index in [-0.39, 0.29) is 11.7 Å². The molecule has 0 aliphatic rings. The summed E-state index contributed by atoms with van der Waals surface area (Å²) >= 11 is 1.44. The first-order valence-electron chi connectivity index (χ1n) is 9.35. The quantitative estimate of drug-likeness (QED) is 0.390. The molecule has 5 rings (SSSR count). The predicted molar refractivity (Wildman–Crippen MR) is 117 cm³/mol. The topological polar surface area (TPSA) is 68.5 Å². The number of para-hydroxylation sites is 1. The molecule has 0 aliphatic carbocycles. The van der Waals surface area contributed by atoms with Gasteiger partial charge in [-0.15, -0.1) is 0 Å². The Hall–Kier alpha value is -3.71. The molecule has 30 heavy (non-hydrogen) atoms. The van der Waals surface area contributed by atoms with Crippen LogP contribution in [0.1, 0.15) is 16.1 Å². The summed E-state index contributed by atoms with van der Waals surface area (Å²) in [6.07, 6.45) is 3.45. The maximum Gasteiger partial charge on any atom is 0.296 e. The summed E-state index contributed by atoms with van der Waals surface area (Å²) in [7, 11) is 1.63. The summed E-state index contributed by atoms with van der Waals surface area (Å²) in [5, 5.41) is 1.48. The van der Waals surface area contributed by atoms with Gasteiger partial charge in [0.1, 0.15) is 11.3 Å². The maximum atomic E-state index is 13.5. The fourth-order valence-electron chi connectivity index (χ4n) is 3.26. The lowest BCUT2D eigenvalue weighted by molar-refractivity contribution is 0.0960. The van der Waals surface area contributed by atoms with Crippen molar-refractivity contribution in [1.82, 2.24) is 9.97 Å². The molecule has 0 saturated heterocycles. The Kier molecular flexibility index (Phi) is 4.65. The van der Waals surface area contributed by atoms with Crippen molar-refractivity contribution in [3.05, 3.63) is 84.4 Å². The summed E-state index contributed by atoms with van der Waals surface area (Å²) in [6, 6.07) is 18.8. The molecule has 0 radical (unpaired) electrons. The van der Waals surface area contributed by atoms with Crippen molar-refractivity contribution in [3.63, 3.8) is 0 Å². The summed E-state index contributed by atoms with van der Waals surface area (Å²) in [5.74, 6) is 0.776. The highest BCUT2D eigenvalue weighted by atomic mass is 32.1. The first-order valence-corrected chi connectivity index (χ1v) is 10.2. The van der Waals surface area contributed by atoms with E-state index < -0.39 is 0 Å². The minimum Gasteiger partial charge on any atom is -0.497 e. The number of pyridine rings is 1. The van der Waals surface area contributed by atoms with Gasteiger partial charge in [-0.25, -0.2) is 4.98 Å². The van der Waals surface area contributed by atoms with E-state index in [2.05, 4.69) is 4.98 Å². The van der Waals surface area contributed by atoms with Crippen LogP contribution < -0.4 is 9.64 Å². The number of benzene rings is 2. The molecule has 0 bridgehead atoms. The molecule has 0 fully saturated rings. The Morgan fingerprint density at radius 1 is 1.13 bits per heavy atom. The van der Waals surface area contributed by atoms with Gasteiger partial charge in [-0.3, -0.25) is 14.7 Å². The van der Waals surface area contributed by atoms with E-state index in [4.69, 9.17) is 14.1 Å². The SMILES string of the molecule is COc1ccc2nc(N(Cc3cccnc3)C(=O)c3cc4ccccc4o3)sc2c1. The fraction of sp³-hybridized carbons (Fsp3) is 0.0870. The van der Waals surface area contributed by atoms with Crippen molar-refractivity contribution in [1.29, 1.82) is 0 Å². The van der Waals surface area contributed by atoms with Crippen LogP contribution >= 0.6 is 11.3 Å². The normalized spacial score (nSPS) is 11.1. The van der Waals surface area contributed by atoms with Gasteiger partial charge in [0.2, 0.25) is 0 Å². The Bertz CT molecular complexity index is 1310. The standard InChI is InChI=1S/C23H17N3O3S/c1-28-17-8-9-18-21(12-17)30-23(25-18)26(14-15-5-4-10-24-13-15)22(27)20-11-16-6-2-3-7-19(16)29-20/h2-13H,14H2,1H3. The Morgan fingerprint density at radius 3 is 2.83 bits per heavy atom. The number of carbonyl (C=O) groups is 1. The summed E-state index contributed by atoms with van der Waals surface area (Å²) < 4.78 is 12.1. The monoisotopic (exact) mass is 415 g/mol. The molecule has 148 valence electrons. The molecule has 3 heterocycles. The molecule has 0 saturated carbocycles. The van der Waals surface area contributed by atoms with Gasteiger partial charge in [0.25, 0.3) is 5.91 Å². The van der Waals surface area contributed by atoms with Crippen molar-refractivity contribution >= 4 is 43.6 Å². The number of fused-ring (bicyclic) bond motifs is 2. The van der Waals surface area contributed by atoms with Crippen LogP contribution in [0.4, 0.5) is 5.13 Å². The lowest BCUT2D eigenvalue weighted by Gasteiger charge is -2.18. The van der Waals surface area contributed by atoms with E-state index in [1.165, 1.54) is 11.3 Å². The number of anilines is 1. The Balaban J connectivity index is 1.58. The predicted octanol–water partition coefficient (Wildman–Crippen LogP) is 5.29. The number of rotatable bonds is 5. The van der Waals surface area contributed by atoms with Gasteiger partial charge >= 0.3 is 0 Å². The number of aromatic nitrogens is 2. The highest BCUT2D eigenvalue weighted by molar-refractivity contribution is 7.22. The molecule has 0 aliphatic heterocycles. The third-order valence-corrected chi connectivity index (χ3v) is 5.80. The third-order valence-electron chi connectivity index (χ3n) is 4.76. The van der Waals surface area contributed by atoms with Crippen molar-refractivity contribution in [2.45, 2.75) is 6.54 Å². The molecule has 6 nitrogen and oxygen atoms in total. The number of methoxy groups -OCH3 is 1. The summed E-state index contributed by atoms with van der Waals surface area (Å²) in [4.78, 5) is 24.0. The minimum atomic E-state index is -0.249. The zero-order chi connectivity index (χ0) is 20.5. The van der Waals surface area contributed by atoms with Gasteiger partial charge < -0.3 is 9.15 Å². The van der Waals surface area contributed by atoms with Crippen LogP contribution in [-0.4, -0.2) is 23.0 Å². The number of carbonyl (C=O) groups excluding carboxylic acids is 1. The molecule has 0 N–H and O–H groups in total. The van der Waals surface area contributed by atoms with Crippen LogP contribution in [-0.2, 0) is 6.54 Å². The van der Waals surface area contributed by atoms with Gasteiger partial charge in [0.05, 0.1) is 23.9 Å². The molecule has 0 unspecified atom stereocenters. The van der Waals surface area contributed by atoms with Crippen molar-refractivity contribution in [3.8, 4) is 5.75 Å². The molecular formula is C23H17N3O3S. The van der Waals surface area contributed by atoms with Gasteiger partial charge in [0.15, 0.2) is 10.9 Å². The van der Waals surface area contributed by atoms with E-state index in [0.717, 1.165) is 26.9 Å². The smallest absolute Gasteiger partial charge is 0.296 e. The summed E-state index contributed by atoms with van der Waals surface area (Å²) in [5.41, 5.74) is 2.39. The highest BCUT2D eigenvalue weighted by Gasteiger charge is 2.25. The minimum absolute atomic E-state index is 0.249. The zero-order valence-electron chi connectivity index (χ0n) is 16.1. The van der Waals surface area contributed by atoms with Crippen LogP contribution in [0.5, 0.6) is 5.75 Å². The number of ether oxygens (including phenoxy) is 1. The summed E-state index contributed by atoms with van der Waals surface area (Å²) in [6.45, 7) is 0.334. The molecule has 5 aromatic rings. The van der Waals surface area contributed by atoms with Gasteiger partial charge in [0, 0.05) is 17.8 Å². The van der Waals surface area contributed by atoms with Crippen LogP contribution in [0, 0.1) is 0 Å². The third kappa shape index (κ3) is 3.40. The zero-order valence-corrected chi connectivity index (χ0v) is 16.9. The van der Waals surface area contributed by atoms with E-state index in [1.807, 2.05) is 54.6 Å². The average molecular weight is 415 g/mol. The van der Waals surface area contributed by atoms with E-state index >= 15 is 0 Å². The van der Waals surface area contributed by atoms with Crippen molar-refractivity contribution in [2.75, 3.05) is 12.0 Å². The van der Waals surface area contributed by atoms with Crippen LogP contribution in [0.3, 0.4) is 0 Å². The second-order valence-electron chi connectivity index (χ2n) is 6.73. The van der Waals surface area contributed by atoms with Crippen LogP contribution in [0.25, 0.3) is 21.2 Å².